The molecule has 2 heterocycles. The molecule has 1 N–H and O–H groups in total. The number of aliphatic hydroxyl groups excluding tert-OH is 1. The van der Waals surface area contributed by atoms with E-state index in [4.69, 9.17) is 18.5 Å². The fraction of sp³-hybridized carbons (Fsp3) is 0.150. The minimum absolute atomic E-state index is 0.210. The lowest BCUT2D eigenvalue weighted by molar-refractivity contribution is 0.229. The van der Waals surface area contributed by atoms with Crippen molar-refractivity contribution in [2.45, 2.75) is 6.61 Å². The van der Waals surface area contributed by atoms with Gasteiger partial charge >= 0.3 is 0 Å². The van der Waals surface area contributed by atoms with E-state index in [9.17, 15) is 5.11 Å². The molecule has 0 spiro atoms. The van der Waals surface area contributed by atoms with E-state index >= 15 is 0 Å². The summed E-state index contributed by atoms with van der Waals surface area (Å²) in [6, 6.07) is 14.6. The smallest absolute Gasteiger partial charge is 0.264 e. The molecule has 8 nitrogen and oxygen atoms in total. The number of methoxy groups -OCH3 is 2. The average Bonchev–Trinajstić information content (AvgIpc) is 3.40. The van der Waals surface area contributed by atoms with Gasteiger partial charge in [0, 0.05) is 11.1 Å². The molecule has 4 rings (SSSR count). The van der Waals surface area contributed by atoms with Crippen LogP contribution in [0.25, 0.3) is 34.1 Å². The molecule has 8 heteroatoms. The fourth-order valence-electron chi connectivity index (χ4n) is 2.78. The van der Waals surface area contributed by atoms with Gasteiger partial charge in [0.15, 0.2) is 5.76 Å². The highest BCUT2D eigenvalue weighted by Crippen LogP contribution is 2.35. The van der Waals surface area contributed by atoms with Crippen LogP contribution in [-0.4, -0.2) is 34.6 Å². The zero-order chi connectivity index (χ0) is 19.5. The van der Waals surface area contributed by atoms with E-state index in [0.29, 0.717) is 17.1 Å². The number of hydrogen-bond donors (Lipinski definition) is 1. The van der Waals surface area contributed by atoms with Crippen molar-refractivity contribution < 1.29 is 23.6 Å². The number of ether oxygens (including phenoxy) is 2. The largest absolute Gasteiger partial charge is 0.497 e. The van der Waals surface area contributed by atoms with Gasteiger partial charge in [0.2, 0.25) is 5.82 Å². The Hall–Kier alpha value is -3.65. The SMILES string of the molecule is COc1ccc(-c2noc(-c3c(-c4ccc(OC)cc4)noc3CO)n2)cc1. The molecule has 142 valence electrons. The van der Waals surface area contributed by atoms with Crippen LogP contribution in [-0.2, 0) is 6.61 Å². The highest BCUT2D eigenvalue weighted by atomic mass is 16.5. The van der Waals surface area contributed by atoms with E-state index in [1.165, 1.54) is 0 Å². The monoisotopic (exact) mass is 379 g/mol. The van der Waals surface area contributed by atoms with Crippen LogP contribution in [0.4, 0.5) is 0 Å². The van der Waals surface area contributed by atoms with Gasteiger partial charge in [-0.3, -0.25) is 0 Å². The Morgan fingerprint density at radius 3 is 2.00 bits per heavy atom. The van der Waals surface area contributed by atoms with Gasteiger partial charge in [0.1, 0.15) is 29.4 Å². The van der Waals surface area contributed by atoms with Crippen LogP contribution in [0.1, 0.15) is 5.76 Å². The second-order valence-electron chi connectivity index (χ2n) is 5.87. The Balaban J connectivity index is 1.74. The van der Waals surface area contributed by atoms with Crippen LogP contribution in [0.5, 0.6) is 11.5 Å². The highest BCUT2D eigenvalue weighted by molar-refractivity contribution is 5.78. The average molecular weight is 379 g/mol. The molecule has 0 saturated heterocycles. The zero-order valence-electron chi connectivity index (χ0n) is 15.2. The second-order valence-corrected chi connectivity index (χ2v) is 5.87. The maximum Gasteiger partial charge on any atom is 0.264 e. The molecule has 0 bridgehead atoms. The first kappa shape index (κ1) is 17.7. The first-order valence-electron chi connectivity index (χ1n) is 8.46. The molecule has 0 atom stereocenters. The summed E-state index contributed by atoms with van der Waals surface area (Å²) in [5.41, 5.74) is 2.49. The fourth-order valence-corrected chi connectivity index (χ4v) is 2.78. The second kappa shape index (κ2) is 7.53. The molecule has 0 saturated carbocycles. The lowest BCUT2D eigenvalue weighted by atomic mass is 10.1. The molecular weight excluding hydrogens is 362 g/mol. The minimum Gasteiger partial charge on any atom is -0.497 e. The van der Waals surface area contributed by atoms with Gasteiger partial charge in [0.25, 0.3) is 5.89 Å². The standard InChI is InChI=1S/C20H17N3O5/c1-25-14-7-3-12(4-8-14)18-17(16(11-24)27-22-18)20-21-19(23-28-20)13-5-9-15(26-2)10-6-13/h3-10,24H,11H2,1-2H3. The Labute approximate surface area is 160 Å². The number of hydrogen-bond acceptors (Lipinski definition) is 8. The van der Waals surface area contributed by atoms with Crippen LogP contribution in [0.2, 0.25) is 0 Å². The van der Waals surface area contributed by atoms with Crippen LogP contribution in [0.15, 0.2) is 57.6 Å². The van der Waals surface area contributed by atoms with Crippen molar-refractivity contribution in [2.75, 3.05) is 14.2 Å². The van der Waals surface area contributed by atoms with Gasteiger partial charge in [0.05, 0.1) is 14.2 Å². The van der Waals surface area contributed by atoms with Crippen molar-refractivity contribution in [1.29, 1.82) is 0 Å². The summed E-state index contributed by atoms with van der Waals surface area (Å²) in [7, 11) is 3.20. The van der Waals surface area contributed by atoms with Crippen LogP contribution < -0.4 is 9.47 Å². The quantitative estimate of drug-likeness (QED) is 0.542. The van der Waals surface area contributed by atoms with Crippen LogP contribution in [0, 0.1) is 0 Å². The third-order valence-corrected chi connectivity index (χ3v) is 4.26. The summed E-state index contributed by atoms with van der Waals surface area (Å²) in [5.74, 6) is 2.31. The Bertz CT molecular complexity index is 1070. The lowest BCUT2D eigenvalue weighted by Crippen LogP contribution is -1.89. The van der Waals surface area contributed by atoms with E-state index in [2.05, 4.69) is 15.3 Å². The molecule has 0 amide bonds. The Morgan fingerprint density at radius 2 is 1.43 bits per heavy atom. The van der Waals surface area contributed by atoms with Gasteiger partial charge in [-0.05, 0) is 48.5 Å². The van der Waals surface area contributed by atoms with Crippen LogP contribution in [0.3, 0.4) is 0 Å². The van der Waals surface area contributed by atoms with Gasteiger partial charge in [-0.2, -0.15) is 4.98 Å². The molecule has 0 aliphatic heterocycles. The van der Waals surface area contributed by atoms with E-state index in [0.717, 1.165) is 22.6 Å². The number of benzene rings is 2. The molecule has 0 radical (unpaired) electrons. The lowest BCUT2D eigenvalue weighted by Gasteiger charge is -2.02. The number of aromatic nitrogens is 3. The van der Waals surface area contributed by atoms with Crippen molar-refractivity contribution >= 4 is 0 Å². The topological polar surface area (TPSA) is 104 Å². The summed E-state index contributed by atoms with van der Waals surface area (Å²) in [5, 5.41) is 17.8. The highest BCUT2D eigenvalue weighted by Gasteiger charge is 2.24. The predicted molar refractivity (Wildman–Crippen MR) is 99.7 cm³/mol. The third-order valence-electron chi connectivity index (χ3n) is 4.26. The third kappa shape index (κ3) is 3.21. The maximum absolute atomic E-state index is 9.65. The summed E-state index contributed by atoms with van der Waals surface area (Å²) in [4.78, 5) is 4.45. The minimum atomic E-state index is -0.348. The predicted octanol–water partition coefficient (Wildman–Crippen LogP) is 3.57. The summed E-state index contributed by atoms with van der Waals surface area (Å²) < 4.78 is 21.1. The van der Waals surface area contributed by atoms with E-state index in [1.54, 1.807) is 14.2 Å². The zero-order valence-corrected chi connectivity index (χ0v) is 15.2. The Morgan fingerprint density at radius 1 is 0.821 bits per heavy atom. The molecule has 0 aliphatic carbocycles. The van der Waals surface area contributed by atoms with Gasteiger partial charge in [-0.1, -0.05) is 10.3 Å². The number of rotatable bonds is 6. The van der Waals surface area contributed by atoms with Crippen molar-refractivity contribution in [2.24, 2.45) is 0 Å². The van der Waals surface area contributed by atoms with Crippen molar-refractivity contribution in [3.8, 4) is 45.6 Å². The first-order chi connectivity index (χ1) is 13.7. The molecule has 0 aliphatic rings. The normalized spacial score (nSPS) is 10.8. The van der Waals surface area contributed by atoms with Gasteiger partial charge in [-0.15, -0.1) is 0 Å². The van der Waals surface area contributed by atoms with Gasteiger partial charge in [-0.25, -0.2) is 0 Å². The van der Waals surface area contributed by atoms with Gasteiger partial charge < -0.3 is 23.6 Å². The number of nitrogens with zero attached hydrogens (tertiary/aromatic N) is 3. The molecule has 0 fully saturated rings. The maximum atomic E-state index is 9.65. The molecule has 28 heavy (non-hydrogen) atoms. The molecule has 2 aromatic carbocycles. The molecule has 2 aromatic heterocycles. The molecule has 0 unspecified atom stereocenters. The van der Waals surface area contributed by atoms with Crippen molar-refractivity contribution in [1.82, 2.24) is 15.3 Å². The van der Waals surface area contributed by atoms with E-state index in [1.807, 2.05) is 48.5 Å². The van der Waals surface area contributed by atoms with Crippen molar-refractivity contribution in [3.05, 3.63) is 54.3 Å². The van der Waals surface area contributed by atoms with E-state index in [-0.39, 0.29) is 18.3 Å². The summed E-state index contributed by atoms with van der Waals surface area (Å²) >= 11 is 0. The molecular formula is C20H17N3O5. The first-order valence-corrected chi connectivity index (χ1v) is 8.46. The molecule has 4 aromatic rings. The summed E-state index contributed by atoms with van der Waals surface area (Å²) in [6.07, 6.45) is 0. The number of aliphatic hydroxyl groups is 1. The van der Waals surface area contributed by atoms with E-state index < -0.39 is 0 Å². The van der Waals surface area contributed by atoms with Crippen molar-refractivity contribution in [3.63, 3.8) is 0 Å². The van der Waals surface area contributed by atoms with Crippen LogP contribution >= 0.6 is 0 Å². The Kier molecular flexibility index (Phi) is 4.77. The summed E-state index contributed by atoms with van der Waals surface area (Å²) in [6.45, 7) is -0.348.